The number of rotatable bonds is 4. The van der Waals surface area contributed by atoms with Crippen LogP contribution >= 0.6 is 15.9 Å². The number of terminal acetylenes is 1. The summed E-state index contributed by atoms with van der Waals surface area (Å²) in [7, 11) is 0. The first-order chi connectivity index (χ1) is 7.29. The van der Waals surface area contributed by atoms with E-state index >= 15 is 0 Å². The Morgan fingerprint density at radius 1 is 1.53 bits per heavy atom. The maximum Gasteiger partial charge on any atom is 0.217 e. The molecule has 1 aliphatic rings. The molecule has 3 nitrogen and oxygen atoms in total. The summed E-state index contributed by atoms with van der Waals surface area (Å²) in [5, 5.41) is 0. The van der Waals surface area contributed by atoms with Crippen LogP contribution in [0.3, 0.4) is 0 Å². The van der Waals surface area contributed by atoms with Crippen molar-refractivity contribution in [3.05, 3.63) is 16.5 Å². The molecule has 0 spiro atoms. The quantitative estimate of drug-likeness (QED) is 0.477. The molecule has 1 aliphatic carbocycles. The highest BCUT2D eigenvalue weighted by Gasteiger charge is 2.27. The molecule has 1 fully saturated rings. The molecule has 0 atom stereocenters. The van der Waals surface area contributed by atoms with Crippen LogP contribution in [0.1, 0.15) is 31.0 Å². The van der Waals surface area contributed by atoms with E-state index < -0.39 is 0 Å². The van der Waals surface area contributed by atoms with Crippen molar-refractivity contribution in [3.63, 3.8) is 0 Å². The van der Waals surface area contributed by atoms with Crippen LogP contribution in [-0.4, -0.2) is 16.6 Å². The lowest BCUT2D eigenvalue weighted by Crippen LogP contribution is -2.01. The van der Waals surface area contributed by atoms with Gasteiger partial charge in [-0.05, 0) is 28.8 Å². The van der Waals surface area contributed by atoms with Crippen molar-refractivity contribution in [3.8, 4) is 18.2 Å². The summed E-state index contributed by atoms with van der Waals surface area (Å²) in [6, 6.07) is 1.77. The van der Waals surface area contributed by atoms with Gasteiger partial charge in [0.15, 0.2) is 0 Å². The predicted octanol–water partition coefficient (Wildman–Crippen LogP) is 2.52. The summed E-state index contributed by atoms with van der Waals surface area (Å²) in [4.78, 5) is 8.64. The van der Waals surface area contributed by atoms with E-state index in [1.807, 2.05) is 0 Å². The van der Waals surface area contributed by atoms with E-state index in [0.29, 0.717) is 24.8 Å². The molecule has 1 aromatic rings. The first kappa shape index (κ1) is 10.4. The topological polar surface area (TPSA) is 35.0 Å². The zero-order valence-corrected chi connectivity index (χ0v) is 9.83. The van der Waals surface area contributed by atoms with Gasteiger partial charge in [0.2, 0.25) is 5.88 Å². The third kappa shape index (κ3) is 2.93. The van der Waals surface area contributed by atoms with E-state index in [4.69, 9.17) is 11.2 Å². The molecule has 0 radical (unpaired) electrons. The summed E-state index contributed by atoms with van der Waals surface area (Å²) in [5.41, 5.74) is 0. The molecule has 78 valence electrons. The van der Waals surface area contributed by atoms with Crippen molar-refractivity contribution in [1.29, 1.82) is 0 Å². The van der Waals surface area contributed by atoms with Crippen LogP contribution in [0.25, 0.3) is 0 Å². The lowest BCUT2D eigenvalue weighted by atomic mass is 10.4. The highest BCUT2D eigenvalue weighted by atomic mass is 79.9. The summed E-state index contributed by atoms with van der Waals surface area (Å²) in [5.74, 6) is 4.53. The van der Waals surface area contributed by atoms with E-state index in [9.17, 15) is 0 Å². The lowest BCUT2D eigenvalue weighted by Gasteiger charge is -2.05. The second kappa shape index (κ2) is 4.63. The van der Waals surface area contributed by atoms with Crippen molar-refractivity contribution in [2.24, 2.45) is 0 Å². The molecule has 1 aromatic heterocycles. The summed E-state index contributed by atoms with van der Waals surface area (Å²) in [6.45, 7) is 0.504. The number of halogens is 1. The Morgan fingerprint density at radius 2 is 2.33 bits per heavy atom. The van der Waals surface area contributed by atoms with E-state index in [1.54, 1.807) is 6.07 Å². The molecule has 15 heavy (non-hydrogen) atoms. The van der Waals surface area contributed by atoms with Crippen molar-refractivity contribution in [1.82, 2.24) is 9.97 Å². The van der Waals surface area contributed by atoms with Gasteiger partial charge in [-0.1, -0.05) is 0 Å². The van der Waals surface area contributed by atoms with Crippen LogP contribution in [0.15, 0.2) is 10.7 Å². The van der Waals surface area contributed by atoms with Gasteiger partial charge in [0.1, 0.15) is 17.0 Å². The van der Waals surface area contributed by atoms with E-state index in [-0.39, 0.29) is 0 Å². The molecular weight excluding hydrogens is 256 g/mol. The molecule has 2 rings (SSSR count). The van der Waals surface area contributed by atoms with Gasteiger partial charge in [-0.25, -0.2) is 4.98 Å². The second-order valence-corrected chi connectivity index (χ2v) is 4.28. The molecule has 0 aromatic carbocycles. The Kier molecular flexibility index (Phi) is 3.22. The zero-order chi connectivity index (χ0) is 10.7. The van der Waals surface area contributed by atoms with Crippen LogP contribution in [0, 0.1) is 12.3 Å². The third-order valence-electron chi connectivity index (χ3n) is 2.13. The van der Waals surface area contributed by atoms with Gasteiger partial charge in [-0.15, -0.1) is 12.3 Å². The van der Waals surface area contributed by atoms with Crippen molar-refractivity contribution in [2.75, 3.05) is 6.61 Å². The number of aromatic nitrogens is 2. The zero-order valence-electron chi connectivity index (χ0n) is 8.24. The minimum Gasteiger partial charge on any atom is -0.477 e. The molecule has 0 N–H and O–H groups in total. The summed E-state index contributed by atoms with van der Waals surface area (Å²) < 4.78 is 6.20. The predicted molar refractivity (Wildman–Crippen MR) is 60.7 cm³/mol. The minimum atomic E-state index is 0.504. The normalized spacial score (nSPS) is 14.7. The Balaban J connectivity index is 2.06. The van der Waals surface area contributed by atoms with Gasteiger partial charge in [0.05, 0.1) is 0 Å². The molecule has 1 heterocycles. The van der Waals surface area contributed by atoms with Gasteiger partial charge >= 0.3 is 0 Å². The largest absolute Gasteiger partial charge is 0.477 e. The minimum absolute atomic E-state index is 0.504. The molecular formula is C11H11BrN2O. The average molecular weight is 267 g/mol. The second-order valence-electron chi connectivity index (χ2n) is 3.46. The number of hydrogen-bond acceptors (Lipinski definition) is 3. The Bertz CT molecular complexity index is 396. The molecule has 0 bridgehead atoms. The molecule has 1 saturated carbocycles. The molecule has 0 unspecified atom stereocenters. The van der Waals surface area contributed by atoms with Crippen molar-refractivity contribution >= 4 is 15.9 Å². The molecule has 4 heteroatoms. The standard InChI is InChI=1S/C11H11BrN2O/c1-2-3-6-15-10-7-9(12)13-11(14-10)8-4-5-8/h1,7-8H,3-6H2. The van der Waals surface area contributed by atoms with Crippen LogP contribution in [0.2, 0.25) is 0 Å². The van der Waals surface area contributed by atoms with E-state index in [0.717, 1.165) is 10.4 Å². The molecule has 0 aliphatic heterocycles. The van der Waals surface area contributed by atoms with Crippen molar-refractivity contribution in [2.45, 2.75) is 25.2 Å². The third-order valence-corrected chi connectivity index (χ3v) is 2.53. The van der Waals surface area contributed by atoms with Crippen LogP contribution < -0.4 is 4.74 Å². The number of nitrogens with zero attached hydrogens (tertiary/aromatic N) is 2. The van der Waals surface area contributed by atoms with Gasteiger partial charge < -0.3 is 4.74 Å². The van der Waals surface area contributed by atoms with Gasteiger partial charge in [0.25, 0.3) is 0 Å². The Morgan fingerprint density at radius 3 is 3.00 bits per heavy atom. The van der Waals surface area contributed by atoms with Crippen LogP contribution in [0.5, 0.6) is 5.88 Å². The lowest BCUT2D eigenvalue weighted by molar-refractivity contribution is 0.312. The Hall–Kier alpha value is -1.08. The molecule has 0 saturated heterocycles. The van der Waals surface area contributed by atoms with Crippen LogP contribution in [0.4, 0.5) is 0 Å². The fourth-order valence-corrected chi connectivity index (χ4v) is 1.60. The monoisotopic (exact) mass is 266 g/mol. The molecule has 0 amide bonds. The number of hydrogen-bond donors (Lipinski definition) is 0. The van der Waals surface area contributed by atoms with Gasteiger partial charge in [-0.3, -0.25) is 0 Å². The maximum atomic E-state index is 5.42. The summed E-state index contributed by atoms with van der Waals surface area (Å²) >= 11 is 3.35. The summed E-state index contributed by atoms with van der Waals surface area (Å²) in [6.07, 6.45) is 8.10. The fourth-order valence-electron chi connectivity index (χ4n) is 1.23. The number of ether oxygens (including phenoxy) is 1. The van der Waals surface area contributed by atoms with Gasteiger partial charge in [0, 0.05) is 18.4 Å². The first-order valence-corrected chi connectivity index (χ1v) is 5.69. The SMILES string of the molecule is C#CCCOc1cc(Br)nc(C2CC2)n1. The first-order valence-electron chi connectivity index (χ1n) is 4.90. The maximum absolute atomic E-state index is 5.42. The average Bonchev–Trinajstić information content (AvgIpc) is 3.00. The van der Waals surface area contributed by atoms with Gasteiger partial charge in [-0.2, -0.15) is 4.98 Å². The van der Waals surface area contributed by atoms with Crippen LogP contribution in [-0.2, 0) is 0 Å². The Labute approximate surface area is 97.4 Å². The smallest absolute Gasteiger partial charge is 0.217 e. The van der Waals surface area contributed by atoms with E-state index in [1.165, 1.54) is 12.8 Å². The highest BCUT2D eigenvalue weighted by Crippen LogP contribution is 2.38. The fraction of sp³-hybridized carbons (Fsp3) is 0.455. The van der Waals surface area contributed by atoms with Crippen molar-refractivity contribution < 1.29 is 4.74 Å². The highest BCUT2D eigenvalue weighted by molar-refractivity contribution is 9.10. The van der Waals surface area contributed by atoms with E-state index in [2.05, 4.69) is 31.8 Å².